The molecule has 0 heterocycles. The SMILES string of the molecule is CCCCN(C)CCC(=O)Nc1ccc(C(=O)OCCN(CC)CC)cc1. The van der Waals surface area contributed by atoms with E-state index in [1.807, 2.05) is 7.05 Å². The fraction of sp³-hybridized carbons (Fsp3) is 0.619. The summed E-state index contributed by atoms with van der Waals surface area (Å²) in [6.45, 7) is 11.1. The summed E-state index contributed by atoms with van der Waals surface area (Å²) in [5, 5.41) is 2.87. The fourth-order valence-corrected chi connectivity index (χ4v) is 2.64. The Hall–Kier alpha value is -1.92. The van der Waals surface area contributed by atoms with Crippen molar-refractivity contribution in [1.82, 2.24) is 9.80 Å². The van der Waals surface area contributed by atoms with Crippen molar-refractivity contribution in [3.05, 3.63) is 29.8 Å². The topological polar surface area (TPSA) is 61.9 Å². The first-order chi connectivity index (χ1) is 13.0. The summed E-state index contributed by atoms with van der Waals surface area (Å²) in [5.74, 6) is -0.356. The summed E-state index contributed by atoms with van der Waals surface area (Å²) in [7, 11) is 2.03. The van der Waals surface area contributed by atoms with Crippen LogP contribution in [-0.2, 0) is 9.53 Å². The number of esters is 1. The largest absolute Gasteiger partial charge is 0.461 e. The van der Waals surface area contributed by atoms with Gasteiger partial charge >= 0.3 is 5.97 Å². The zero-order valence-electron chi connectivity index (χ0n) is 17.3. The predicted octanol–water partition coefficient (Wildman–Crippen LogP) is 3.25. The fourth-order valence-electron chi connectivity index (χ4n) is 2.64. The van der Waals surface area contributed by atoms with Crippen molar-refractivity contribution in [3.63, 3.8) is 0 Å². The number of hydrogen-bond donors (Lipinski definition) is 1. The number of benzene rings is 1. The van der Waals surface area contributed by atoms with Gasteiger partial charge in [0.1, 0.15) is 6.61 Å². The summed E-state index contributed by atoms with van der Waals surface area (Å²) in [5.41, 5.74) is 1.18. The zero-order valence-corrected chi connectivity index (χ0v) is 17.3. The van der Waals surface area contributed by atoms with Crippen LogP contribution in [0, 0.1) is 0 Å². The van der Waals surface area contributed by atoms with E-state index in [0.29, 0.717) is 24.3 Å². The second-order valence-electron chi connectivity index (χ2n) is 6.70. The van der Waals surface area contributed by atoms with Crippen molar-refractivity contribution in [1.29, 1.82) is 0 Å². The minimum absolute atomic E-state index is 0.0205. The van der Waals surface area contributed by atoms with E-state index in [-0.39, 0.29) is 11.9 Å². The Morgan fingerprint density at radius 2 is 1.67 bits per heavy atom. The van der Waals surface area contributed by atoms with E-state index in [0.717, 1.165) is 45.6 Å². The first-order valence-corrected chi connectivity index (χ1v) is 9.98. The van der Waals surface area contributed by atoms with Crippen LogP contribution >= 0.6 is 0 Å². The highest BCUT2D eigenvalue weighted by Gasteiger charge is 2.09. The average Bonchev–Trinajstić information content (AvgIpc) is 2.68. The van der Waals surface area contributed by atoms with Crippen molar-refractivity contribution in [3.8, 4) is 0 Å². The highest BCUT2D eigenvalue weighted by Crippen LogP contribution is 2.11. The maximum Gasteiger partial charge on any atom is 0.338 e. The Bertz CT molecular complexity index is 556. The molecule has 0 aliphatic rings. The van der Waals surface area contributed by atoms with Crippen molar-refractivity contribution >= 4 is 17.6 Å². The predicted molar refractivity (Wildman–Crippen MR) is 110 cm³/mol. The van der Waals surface area contributed by atoms with Crippen LogP contribution in [-0.4, -0.2) is 68.1 Å². The van der Waals surface area contributed by atoms with Crippen LogP contribution in [0.25, 0.3) is 0 Å². The molecule has 1 rings (SSSR count). The van der Waals surface area contributed by atoms with Gasteiger partial charge in [-0.1, -0.05) is 27.2 Å². The quantitative estimate of drug-likeness (QED) is 0.535. The molecule has 1 N–H and O–H groups in total. The molecule has 6 heteroatoms. The van der Waals surface area contributed by atoms with Gasteiger partial charge in [0.25, 0.3) is 0 Å². The summed E-state index contributed by atoms with van der Waals surface area (Å²) in [4.78, 5) is 28.5. The van der Waals surface area contributed by atoms with Gasteiger partial charge in [-0.3, -0.25) is 4.79 Å². The van der Waals surface area contributed by atoms with E-state index in [4.69, 9.17) is 4.74 Å². The summed E-state index contributed by atoms with van der Waals surface area (Å²) in [6.07, 6.45) is 2.75. The molecule has 6 nitrogen and oxygen atoms in total. The lowest BCUT2D eigenvalue weighted by molar-refractivity contribution is -0.116. The second-order valence-corrected chi connectivity index (χ2v) is 6.70. The minimum Gasteiger partial charge on any atom is -0.461 e. The lowest BCUT2D eigenvalue weighted by atomic mass is 10.2. The molecule has 0 atom stereocenters. The number of likely N-dealkylation sites (N-methyl/N-ethyl adjacent to an activating group) is 1. The van der Waals surface area contributed by atoms with Crippen LogP contribution in [0.4, 0.5) is 5.69 Å². The Labute approximate surface area is 163 Å². The summed E-state index contributed by atoms with van der Waals surface area (Å²) in [6, 6.07) is 6.84. The van der Waals surface area contributed by atoms with E-state index < -0.39 is 0 Å². The molecule has 1 amide bonds. The Balaban J connectivity index is 2.37. The van der Waals surface area contributed by atoms with E-state index in [2.05, 4.69) is 35.9 Å². The maximum absolute atomic E-state index is 12.1. The van der Waals surface area contributed by atoms with E-state index in [9.17, 15) is 9.59 Å². The van der Waals surface area contributed by atoms with Crippen LogP contribution in [0.3, 0.4) is 0 Å². The number of carbonyl (C=O) groups excluding carboxylic acids is 2. The molecule has 0 aliphatic heterocycles. The normalized spacial score (nSPS) is 11.0. The molecule has 152 valence electrons. The van der Waals surface area contributed by atoms with Gasteiger partial charge in [-0.15, -0.1) is 0 Å². The van der Waals surface area contributed by atoms with Crippen LogP contribution in [0.1, 0.15) is 50.4 Å². The van der Waals surface area contributed by atoms with Crippen LogP contribution in [0.15, 0.2) is 24.3 Å². The highest BCUT2D eigenvalue weighted by atomic mass is 16.5. The molecule has 0 aromatic heterocycles. The molecule has 1 aromatic carbocycles. The monoisotopic (exact) mass is 377 g/mol. The number of nitrogens with one attached hydrogen (secondary N) is 1. The van der Waals surface area contributed by atoms with Gasteiger partial charge in [0.2, 0.25) is 5.91 Å². The summed E-state index contributed by atoms with van der Waals surface area (Å²) >= 11 is 0. The smallest absolute Gasteiger partial charge is 0.338 e. The molecule has 0 unspecified atom stereocenters. The first kappa shape index (κ1) is 23.1. The highest BCUT2D eigenvalue weighted by molar-refractivity contribution is 5.93. The van der Waals surface area contributed by atoms with Gasteiger partial charge in [0.15, 0.2) is 0 Å². The molecule has 0 saturated carbocycles. The molecule has 0 saturated heterocycles. The molecular formula is C21H35N3O3. The number of carbonyl (C=O) groups is 2. The molecule has 0 aliphatic carbocycles. The van der Waals surface area contributed by atoms with Gasteiger partial charge in [-0.05, 0) is 57.4 Å². The van der Waals surface area contributed by atoms with E-state index in [1.54, 1.807) is 24.3 Å². The van der Waals surface area contributed by atoms with Crippen LogP contribution < -0.4 is 5.32 Å². The van der Waals surface area contributed by atoms with E-state index in [1.165, 1.54) is 0 Å². The van der Waals surface area contributed by atoms with Crippen molar-refractivity contribution < 1.29 is 14.3 Å². The van der Waals surface area contributed by atoms with E-state index >= 15 is 0 Å². The molecule has 0 spiro atoms. The third-order valence-electron chi connectivity index (χ3n) is 4.55. The van der Waals surface area contributed by atoms with Gasteiger partial charge in [0.05, 0.1) is 5.56 Å². The van der Waals surface area contributed by atoms with Gasteiger partial charge in [-0.25, -0.2) is 4.79 Å². The number of rotatable bonds is 13. The summed E-state index contributed by atoms with van der Waals surface area (Å²) < 4.78 is 5.31. The van der Waals surface area contributed by atoms with Gasteiger partial charge in [0, 0.05) is 25.2 Å². The molecule has 27 heavy (non-hydrogen) atoms. The Morgan fingerprint density at radius 3 is 2.26 bits per heavy atom. The number of unbranched alkanes of at least 4 members (excludes halogenated alkanes) is 1. The number of nitrogens with zero attached hydrogens (tertiary/aromatic N) is 2. The molecule has 0 radical (unpaired) electrons. The number of ether oxygens (including phenoxy) is 1. The van der Waals surface area contributed by atoms with Crippen molar-refractivity contribution in [2.75, 3.05) is 51.7 Å². The Kier molecular flexibility index (Phi) is 11.4. The lowest BCUT2D eigenvalue weighted by Gasteiger charge is -2.17. The van der Waals surface area contributed by atoms with Crippen LogP contribution in [0.5, 0.6) is 0 Å². The average molecular weight is 378 g/mol. The molecule has 1 aromatic rings. The zero-order chi connectivity index (χ0) is 20.1. The lowest BCUT2D eigenvalue weighted by Crippen LogP contribution is -2.27. The minimum atomic E-state index is -0.336. The maximum atomic E-state index is 12.1. The van der Waals surface area contributed by atoms with Gasteiger partial charge < -0.3 is 19.9 Å². The molecule has 0 fully saturated rings. The van der Waals surface area contributed by atoms with Gasteiger partial charge in [-0.2, -0.15) is 0 Å². The number of amides is 1. The second kappa shape index (κ2) is 13.3. The van der Waals surface area contributed by atoms with Crippen LogP contribution in [0.2, 0.25) is 0 Å². The van der Waals surface area contributed by atoms with Crippen molar-refractivity contribution in [2.45, 2.75) is 40.0 Å². The number of anilines is 1. The number of hydrogen-bond acceptors (Lipinski definition) is 5. The van der Waals surface area contributed by atoms with Crippen molar-refractivity contribution in [2.24, 2.45) is 0 Å². The molecule has 0 bridgehead atoms. The third kappa shape index (κ3) is 9.54. The standard InChI is InChI=1S/C21H35N3O3/c1-5-8-14-23(4)15-13-20(25)22-19-11-9-18(10-12-19)21(26)27-17-16-24(6-2)7-3/h9-12H,5-8,13-17H2,1-4H3,(H,22,25). The first-order valence-electron chi connectivity index (χ1n) is 9.98. The Morgan fingerprint density at radius 1 is 1.00 bits per heavy atom. The molecular weight excluding hydrogens is 342 g/mol. The third-order valence-corrected chi connectivity index (χ3v) is 4.55.